The van der Waals surface area contributed by atoms with Crippen molar-refractivity contribution >= 4 is 5.97 Å². The van der Waals surface area contributed by atoms with Gasteiger partial charge in [-0.15, -0.1) is 0 Å². The first kappa shape index (κ1) is 15.8. The molecule has 7 nitrogen and oxygen atoms in total. The Balaban J connectivity index is 2.29. The zero-order valence-corrected chi connectivity index (χ0v) is 13.1. The zero-order valence-electron chi connectivity index (χ0n) is 13.1. The maximum absolute atomic E-state index is 12.5. The minimum absolute atomic E-state index is 0.297. The number of nitrogens with one attached hydrogen (secondary N) is 1. The predicted molar refractivity (Wildman–Crippen MR) is 82.5 cm³/mol. The molecule has 22 heavy (non-hydrogen) atoms. The maximum atomic E-state index is 12.5. The van der Waals surface area contributed by atoms with E-state index in [2.05, 4.69) is 10.5 Å². The number of carboxylic acid groups (broad SMARTS) is 1. The highest BCUT2D eigenvalue weighted by atomic mass is 16.4. The Bertz CT molecular complexity index is 761. The average molecular weight is 304 g/mol. The standard InChI is InChI=1S/C15H20N4O3/c1-9-5-6-19(14(20)13(9)10(2)15(21)22)17-8-12-7-16-18(4)11(12)3/h5-7,10,17H,8H2,1-4H3,(H,21,22). The molecule has 0 amide bonds. The van der Waals surface area contributed by atoms with Gasteiger partial charge in [-0.05, 0) is 32.4 Å². The van der Waals surface area contributed by atoms with E-state index in [4.69, 9.17) is 5.11 Å². The van der Waals surface area contributed by atoms with Gasteiger partial charge in [-0.2, -0.15) is 5.10 Å². The molecule has 0 radical (unpaired) electrons. The Morgan fingerprint density at radius 1 is 1.45 bits per heavy atom. The predicted octanol–water partition coefficient (Wildman–Crippen LogP) is 1.13. The molecule has 0 spiro atoms. The first-order chi connectivity index (χ1) is 10.3. The number of aromatic nitrogens is 3. The number of carbonyl (C=O) groups is 1. The summed E-state index contributed by atoms with van der Waals surface area (Å²) in [5, 5.41) is 13.3. The van der Waals surface area contributed by atoms with Crippen molar-refractivity contribution in [2.45, 2.75) is 33.2 Å². The van der Waals surface area contributed by atoms with Gasteiger partial charge in [-0.3, -0.25) is 14.3 Å². The molecule has 0 aliphatic heterocycles. The summed E-state index contributed by atoms with van der Waals surface area (Å²) in [4.78, 5) is 23.6. The summed E-state index contributed by atoms with van der Waals surface area (Å²) in [6.07, 6.45) is 3.35. The normalized spacial score (nSPS) is 12.2. The average Bonchev–Trinajstić information content (AvgIpc) is 2.78. The molecule has 1 atom stereocenters. The van der Waals surface area contributed by atoms with E-state index in [1.54, 1.807) is 30.1 Å². The van der Waals surface area contributed by atoms with Crippen LogP contribution in [-0.2, 0) is 18.4 Å². The van der Waals surface area contributed by atoms with Gasteiger partial charge >= 0.3 is 5.97 Å². The molecule has 0 fully saturated rings. The van der Waals surface area contributed by atoms with Crippen LogP contribution < -0.4 is 11.0 Å². The number of aryl methyl sites for hydroxylation is 2. The van der Waals surface area contributed by atoms with Crippen molar-refractivity contribution in [2.24, 2.45) is 7.05 Å². The molecule has 0 saturated heterocycles. The van der Waals surface area contributed by atoms with Crippen molar-refractivity contribution in [1.29, 1.82) is 0 Å². The van der Waals surface area contributed by atoms with Crippen LogP contribution in [0, 0.1) is 13.8 Å². The van der Waals surface area contributed by atoms with E-state index in [0.29, 0.717) is 17.7 Å². The number of hydrogen-bond donors (Lipinski definition) is 2. The minimum atomic E-state index is -1.01. The number of aliphatic carboxylic acids is 1. The van der Waals surface area contributed by atoms with Crippen LogP contribution in [0.2, 0.25) is 0 Å². The zero-order chi connectivity index (χ0) is 16.4. The van der Waals surface area contributed by atoms with Gasteiger partial charge in [0.25, 0.3) is 5.56 Å². The highest BCUT2D eigenvalue weighted by Crippen LogP contribution is 2.15. The summed E-state index contributed by atoms with van der Waals surface area (Å²) in [5.74, 6) is -1.86. The molecular weight excluding hydrogens is 284 g/mol. The van der Waals surface area contributed by atoms with E-state index in [-0.39, 0.29) is 5.56 Å². The van der Waals surface area contributed by atoms with Gasteiger partial charge in [0.05, 0.1) is 18.7 Å². The highest BCUT2D eigenvalue weighted by molar-refractivity contribution is 5.75. The largest absolute Gasteiger partial charge is 0.481 e. The molecular formula is C15H20N4O3. The van der Waals surface area contributed by atoms with Crippen molar-refractivity contribution in [3.8, 4) is 0 Å². The van der Waals surface area contributed by atoms with Gasteiger partial charge in [0.1, 0.15) is 0 Å². The van der Waals surface area contributed by atoms with Crippen molar-refractivity contribution in [1.82, 2.24) is 14.5 Å². The van der Waals surface area contributed by atoms with Crippen LogP contribution in [0.15, 0.2) is 23.3 Å². The lowest BCUT2D eigenvalue weighted by Gasteiger charge is -2.14. The summed E-state index contributed by atoms with van der Waals surface area (Å²) in [5.41, 5.74) is 5.62. The van der Waals surface area contributed by atoms with Gasteiger partial charge in [0.15, 0.2) is 0 Å². The lowest BCUT2D eigenvalue weighted by atomic mass is 9.99. The number of hydrogen-bond acceptors (Lipinski definition) is 4. The fourth-order valence-electron chi connectivity index (χ4n) is 2.31. The Labute approximate surface area is 128 Å². The Kier molecular flexibility index (Phi) is 4.35. The van der Waals surface area contributed by atoms with Gasteiger partial charge in [0, 0.05) is 30.1 Å². The molecule has 2 N–H and O–H groups in total. The van der Waals surface area contributed by atoms with Crippen LogP contribution in [0.4, 0.5) is 0 Å². The van der Waals surface area contributed by atoms with Crippen LogP contribution in [0.3, 0.4) is 0 Å². The smallest absolute Gasteiger partial charge is 0.310 e. The molecule has 2 heterocycles. The van der Waals surface area contributed by atoms with E-state index in [9.17, 15) is 9.59 Å². The molecule has 0 saturated carbocycles. The summed E-state index contributed by atoms with van der Waals surface area (Å²) in [6, 6.07) is 1.74. The fourth-order valence-corrected chi connectivity index (χ4v) is 2.31. The first-order valence-corrected chi connectivity index (χ1v) is 6.99. The van der Waals surface area contributed by atoms with Crippen molar-refractivity contribution in [3.63, 3.8) is 0 Å². The molecule has 0 aromatic carbocycles. The molecule has 2 aromatic heterocycles. The van der Waals surface area contributed by atoms with Gasteiger partial charge in [0.2, 0.25) is 0 Å². The Morgan fingerprint density at radius 2 is 2.14 bits per heavy atom. The third-order valence-electron chi connectivity index (χ3n) is 3.93. The van der Waals surface area contributed by atoms with Crippen molar-refractivity contribution < 1.29 is 9.90 Å². The lowest BCUT2D eigenvalue weighted by molar-refractivity contribution is -0.138. The monoisotopic (exact) mass is 304 g/mol. The van der Waals surface area contributed by atoms with E-state index < -0.39 is 11.9 Å². The third-order valence-corrected chi connectivity index (χ3v) is 3.93. The molecule has 0 bridgehead atoms. The van der Waals surface area contributed by atoms with E-state index in [1.807, 2.05) is 14.0 Å². The van der Waals surface area contributed by atoms with Crippen LogP contribution >= 0.6 is 0 Å². The van der Waals surface area contributed by atoms with Gasteiger partial charge in [-0.1, -0.05) is 0 Å². The third kappa shape index (κ3) is 2.88. The summed E-state index contributed by atoms with van der Waals surface area (Å²) >= 11 is 0. The second kappa shape index (κ2) is 6.05. The molecule has 118 valence electrons. The van der Waals surface area contributed by atoms with Gasteiger partial charge < -0.3 is 10.5 Å². The molecule has 2 rings (SSSR count). The highest BCUT2D eigenvalue weighted by Gasteiger charge is 2.20. The quantitative estimate of drug-likeness (QED) is 0.864. The molecule has 1 unspecified atom stereocenters. The van der Waals surface area contributed by atoms with E-state index in [1.165, 1.54) is 11.6 Å². The number of pyridine rings is 1. The molecule has 2 aromatic rings. The van der Waals surface area contributed by atoms with Crippen molar-refractivity contribution in [3.05, 3.63) is 51.2 Å². The number of nitrogens with zero attached hydrogens (tertiary/aromatic N) is 3. The summed E-state index contributed by atoms with van der Waals surface area (Å²) in [7, 11) is 1.85. The second-order valence-corrected chi connectivity index (χ2v) is 5.36. The molecule has 7 heteroatoms. The second-order valence-electron chi connectivity index (χ2n) is 5.36. The fraction of sp³-hybridized carbons (Fsp3) is 0.400. The summed E-state index contributed by atoms with van der Waals surface area (Å²) in [6.45, 7) is 5.64. The topological polar surface area (TPSA) is 89.2 Å². The van der Waals surface area contributed by atoms with Gasteiger partial charge in [-0.25, -0.2) is 4.68 Å². The lowest BCUT2D eigenvalue weighted by Crippen LogP contribution is -2.33. The molecule has 0 aliphatic rings. The minimum Gasteiger partial charge on any atom is -0.481 e. The molecule has 0 aliphatic carbocycles. The van der Waals surface area contributed by atoms with Crippen LogP contribution in [-0.4, -0.2) is 25.5 Å². The Morgan fingerprint density at radius 3 is 2.68 bits per heavy atom. The van der Waals surface area contributed by atoms with E-state index >= 15 is 0 Å². The SMILES string of the molecule is Cc1ccn(NCc2cnn(C)c2C)c(=O)c1C(C)C(=O)O. The van der Waals surface area contributed by atoms with Crippen LogP contribution in [0.1, 0.15) is 35.2 Å². The maximum Gasteiger partial charge on any atom is 0.310 e. The Hall–Kier alpha value is -2.57. The van der Waals surface area contributed by atoms with Crippen molar-refractivity contribution in [2.75, 3.05) is 5.43 Å². The number of rotatable bonds is 5. The summed E-state index contributed by atoms with van der Waals surface area (Å²) < 4.78 is 3.08. The number of carboxylic acids is 1. The van der Waals surface area contributed by atoms with Crippen LogP contribution in [0.25, 0.3) is 0 Å². The van der Waals surface area contributed by atoms with E-state index in [0.717, 1.165) is 11.3 Å². The first-order valence-electron chi connectivity index (χ1n) is 6.99. The van der Waals surface area contributed by atoms with Crippen LogP contribution in [0.5, 0.6) is 0 Å².